The van der Waals surface area contributed by atoms with Crippen LogP contribution in [0.2, 0.25) is 5.02 Å². The van der Waals surface area contributed by atoms with Crippen LogP contribution in [0.4, 0.5) is 0 Å². The zero-order valence-electron chi connectivity index (χ0n) is 13.9. The van der Waals surface area contributed by atoms with E-state index < -0.39 is 30.5 Å². The second-order valence-electron chi connectivity index (χ2n) is 5.19. The van der Waals surface area contributed by atoms with Gasteiger partial charge in [0.25, 0.3) is 11.8 Å². The van der Waals surface area contributed by atoms with Gasteiger partial charge >= 0.3 is 5.97 Å². The molecule has 7 nitrogen and oxygen atoms in total. The van der Waals surface area contributed by atoms with Crippen LogP contribution in [0.3, 0.4) is 0 Å². The fourth-order valence-corrected chi connectivity index (χ4v) is 1.97. The first-order valence-corrected chi connectivity index (χ1v) is 8.06. The van der Waals surface area contributed by atoms with Gasteiger partial charge in [-0.25, -0.2) is 4.79 Å². The third-order valence-electron chi connectivity index (χ3n) is 3.16. The number of carbonyl (C=O) groups is 3. The average molecular weight is 377 g/mol. The summed E-state index contributed by atoms with van der Waals surface area (Å²) < 4.78 is 10.2. The number of nitrogens with one attached hydrogen (secondary N) is 2. The number of rotatable bonds is 6. The van der Waals surface area contributed by atoms with Gasteiger partial charge in [0.1, 0.15) is 5.75 Å². The Labute approximate surface area is 155 Å². The van der Waals surface area contributed by atoms with E-state index in [1.54, 1.807) is 36.4 Å². The summed E-state index contributed by atoms with van der Waals surface area (Å²) in [7, 11) is 0. The number of esters is 1. The number of hydrogen-bond acceptors (Lipinski definition) is 5. The van der Waals surface area contributed by atoms with Crippen LogP contribution in [-0.2, 0) is 14.3 Å². The van der Waals surface area contributed by atoms with Crippen molar-refractivity contribution in [1.82, 2.24) is 10.9 Å². The molecule has 0 aliphatic rings. The second kappa shape index (κ2) is 9.43. The van der Waals surface area contributed by atoms with Crippen LogP contribution < -0.4 is 15.6 Å². The molecule has 1 atom stereocenters. The molecule has 0 bridgehead atoms. The van der Waals surface area contributed by atoms with E-state index >= 15 is 0 Å². The first-order chi connectivity index (χ1) is 12.5. The van der Waals surface area contributed by atoms with Gasteiger partial charge in [-0.05, 0) is 43.3 Å². The van der Waals surface area contributed by atoms with E-state index in [-0.39, 0.29) is 0 Å². The number of benzene rings is 2. The molecule has 0 heterocycles. The monoisotopic (exact) mass is 376 g/mol. The summed E-state index contributed by atoms with van der Waals surface area (Å²) in [5, 5.41) is 0.490. The zero-order valence-corrected chi connectivity index (χ0v) is 14.7. The molecule has 0 aliphatic carbocycles. The Bertz CT molecular complexity index is 765. The molecule has 0 saturated heterocycles. The van der Waals surface area contributed by atoms with Crippen LogP contribution in [0.25, 0.3) is 0 Å². The third-order valence-corrected chi connectivity index (χ3v) is 3.41. The molecule has 136 valence electrons. The van der Waals surface area contributed by atoms with Crippen molar-refractivity contribution in [3.05, 3.63) is 65.2 Å². The number of hydrogen-bond donors (Lipinski definition) is 2. The van der Waals surface area contributed by atoms with Crippen LogP contribution in [0, 0.1) is 0 Å². The molecule has 0 fully saturated rings. The lowest BCUT2D eigenvalue weighted by Crippen LogP contribution is -2.44. The van der Waals surface area contributed by atoms with Gasteiger partial charge in [0, 0.05) is 10.6 Å². The fourth-order valence-electron chi connectivity index (χ4n) is 1.84. The van der Waals surface area contributed by atoms with Crippen LogP contribution in [0.1, 0.15) is 17.3 Å². The van der Waals surface area contributed by atoms with Gasteiger partial charge < -0.3 is 9.47 Å². The van der Waals surface area contributed by atoms with Crippen molar-refractivity contribution in [1.29, 1.82) is 0 Å². The molecular weight excluding hydrogens is 360 g/mol. The van der Waals surface area contributed by atoms with Crippen molar-refractivity contribution in [2.75, 3.05) is 6.61 Å². The van der Waals surface area contributed by atoms with Gasteiger partial charge in [-0.1, -0.05) is 29.8 Å². The Morgan fingerprint density at radius 2 is 1.65 bits per heavy atom. The maximum absolute atomic E-state index is 11.8. The number of para-hydroxylation sites is 1. The highest BCUT2D eigenvalue weighted by Gasteiger charge is 2.18. The number of amides is 2. The van der Waals surface area contributed by atoms with Crippen molar-refractivity contribution in [2.45, 2.75) is 13.0 Å². The minimum atomic E-state index is -0.881. The van der Waals surface area contributed by atoms with Gasteiger partial charge in [0.05, 0.1) is 0 Å². The number of halogens is 1. The Kier molecular flexibility index (Phi) is 6.99. The number of ether oxygens (including phenoxy) is 2. The molecule has 8 heteroatoms. The molecule has 0 saturated carbocycles. The maximum Gasteiger partial charge on any atom is 0.347 e. The third kappa shape index (κ3) is 6.10. The van der Waals surface area contributed by atoms with Gasteiger partial charge in [0.2, 0.25) is 0 Å². The molecule has 0 unspecified atom stereocenters. The van der Waals surface area contributed by atoms with E-state index in [4.69, 9.17) is 21.1 Å². The predicted octanol–water partition coefficient (Wildman–Crippen LogP) is 2.11. The molecule has 0 aromatic heterocycles. The minimum Gasteiger partial charge on any atom is -0.479 e. The molecule has 2 aromatic carbocycles. The molecule has 0 aliphatic heterocycles. The van der Waals surface area contributed by atoms with E-state index in [0.717, 1.165) is 0 Å². The maximum atomic E-state index is 11.8. The Morgan fingerprint density at radius 3 is 2.31 bits per heavy atom. The molecule has 2 rings (SSSR count). The second-order valence-corrected chi connectivity index (χ2v) is 5.63. The summed E-state index contributed by atoms with van der Waals surface area (Å²) in [6.45, 7) is 0.956. The van der Waals surface area contributed by atoms with Crippen LogP contribution in [-0.4, -0.2) is 30.5 Å². The largest absolute Gasteiger partial charge is 0.479 e. The topological polar surface area (TPSA) is 93.7 Å². The number of hydrazine groups is 1. The zero-order chi connectivity index (χ0) is 18.9. The Balaban J connectivity index is 1.71. The quantitative estimate of drug-likeness (QED) is 0.595. The highest BCUT2D eigenvalue weighted by atomic mass is 35.5. The van der Waals surface area contributed by atoms with E-state index in [0.29, 0.717) is 16.3 Å². The first-order valence-electron chi connectivity index (χ1n) is 7.69. The van der Waals surface area contributed by atoms with Crippen molar-refractivity contribution < 1.29 is 23.9 Å². The van der Waals surface area contributed by atoms with Crippen molar-refractivity contribution in [2.24, 2.45) is 0 Å². The Hall–Kier alpha value is -3.06. The first kappa shape index (κ1) is 19.3. The molecule has 0 spiro atoms. The molecule has 0 radical (unpaired) electrons. The van der Waals surface area contributed by atoms with Gasteiger partial charge in [-0.15, -0.1) is 0 Å². The predicted molar refractivity (Wildman–Crippen MR) is 94.6 cm³/mol. The summed E-state index contributed by atoms with van der Waals surface area (Å²) in [4.78, 5) is 35.3. The Morgan fingerprint density at radius 1 is 1.00 bits per heavy atom. The molecule has 2 amide bonds. The van der Waals surface area contributed by atoms with Crippen molar-refractivity contribution in [3.8, 4) is 5.75 Å². The lowest BCUT2D eigenvalue weighted by molar-refractivity contribution is -0.154. The lowest BCUT2D eigenvalue weighted by Gasteiger charge is -2.14. The van der Waals surface area contributed by atoms with E-state index in [1.165, 1.54) is 19.1 Å². The van der Waals surface area contributed by atoms with Crippen LogP contribution in [0.5, 0.6) is 5.75 Å². The molecule has 2 N–H and O–H groups in total. The minimum absolute atomic E-state index is 0.316. The normalized spacial score (nSPS) is 11.2. The van der Waals surface area contributed by atoms with Crippen molar-refractivity contribution >= 4 is 29.4 Å². The summed E-state index contributed by atoms with van der Waals surface area (Å²) in [6, 6.07) is 14.9. The smallest absolute Gasteiger partial charge is 0.347 e. The van der Waals surface area contributed by atoms with Crippen molar-refractivity contribution in [3.63, 3.8) is 0 Å². The fraction of sp³-hybridized carbons (Fsp3) is 0.167. The lowest BCUT2D eigenvalue weighted by atomic mass is 10.2. The van der Waals surface area contributed by atoms with E-state index in [9.17, 15) is 14.4 Å². The van der Waals surface area contributed by atoms with Gasteiger partial charge in [0.15, 0.2) is 12.7 Å². The molecule has 2 aromatic rings. The van der Waals surface area contributed by atoms with Gasteiger partial charge in [-0.3, -0.25) is 20.4 Å². The molecule has 26 heavy (non-hydrogen) atoms. The van der Waals surface area contributed by atoms with Crippen LogP contribution >= 0.6 is 11.6 Å². The highest BCUT2D eigenvalue weighted by molar-refractivity contribution is 6.30. The van der Waals surface area contributed by atoms with Gasteiger partial charge in [-0.2, -0.15) is 0 Å². The highest BCUT2D eigenvalue weighted by Crippen LogP contribution is 2.11. The number of carbonyl (C=O) groups excluding carboxylic acids is 3. The average Bonchev–Trinajstić information content (AvgIpc) is 2.65. The SMILES string of the molecule is C[C@H](Oc1ccccc1)C(=O)OCC(=O)NNC(=O)c1ccc(Cl)cc1. The summed E-state index contributed by atoms with van der Waals surface area (Å²) in [6.07, 6.45) is -0.881. The standard InChI is InChI=1S/C18H17ClN2O5/c1-12(26-15-5-3-2-4-6-15)18(24)25-11-16(22)20-21-17(23)13-7-9-14(19)10-8-13/h2-10,12H,11H2,1H3,(H,20,22)(H,21,23)/t12-/m0/s1. The van der Waals surface area contributed by atoms with E-state index in [1.807, 2.05) is 6.07 Å². The van der Waals surface area contributed by atoms with Crippen LogP contribution in [0.15, 0.2) is 54.6 Å². The van der Waals surface area contributed by atoms with E-state index in [2.05, 4.69) is 10.9 Å². The summed E-state index contributed by atoms with van der Waals surface area (Å²) >= 11 is 5.73. The summed E-state index contributed by atoms with van der Waals surface area (Å²) in [5.74, 6) is -1.40. The summed E-state index contributed by atoms with van der Waals surface area (Å²) in [5.41, 5.74) is 4.67. The molecular formula is C18H17ClN2O5.